The molecule has 1 aromatic heterocycles. The van der Waals surface area contributed by atoms with Gasteiger partial charge in [-0.2, -0.15) is 0 Å². The summed E-state index contributed by atoms with van der Waals surface area (Å²) in [4.78, 5) is 18.4. The summed E-state index contributed by atoms with van der Waals surface area (Å²) in [6.45, 7) is 0.261. The molecule has 0 unspecified atom stereocenters. The number of halogens is 1. The van der Waals surface area contributed by atoms with Gasteiger partial charge in [-0.1, -0.05) is 11.6 Å². The monoisotopic (exact) mass is 250 g/mol. The highest BCUT2D eigenvalue weighted by Crippen LogP contribution is 2.22. The molecule has 0 saturated heterocycles. The Morgan fingerprint density at radius 1 is 1.41 bits per heavy atom. The molecule has 0 aliphatic rings. The van der Waals surface area contributed by atoms with Gasteiger partial charge in [0.05, 0.1) is 5.52 Å². The fourth-order valence-electron chi connectivity index (χ4n) is 1.45. The van der Waals surface area contributed by atoms with E-state index in [0.29, 0.717) is 16.4 Å². The van der Waals surface area contributed by atoms with Crippen molar-refractivity contribution in [3.05, 3.63) is 29.5 Å². The van der Waals surface area contributed by atoms with Crippen molar-refractivity contribution >= 4 is 34.3 Å². The predicted molar refractivity (Wildman–Crippen MR) is 62.7 cm³/mol. The van der Waals surface area contributed by atoms with Gasteiger partial charge in [-0.3, -0.25) is 0 Å². The van der Waals surface area contributed by atoms with Gasteiger partial charge >= 0.3 is 0 Å². The largest absolute Gasteiger partial charge is 0.550 e. The van der Waals surface area contributed by atoms with Crippen molar-refractivity contribution in [2.75, 3.05) is 11.9 Å². The SMILES string of the molecule is O=C([O-])CCNc1ncnc2cc(Cl)ccc12. The summed E-state index contributed by atoms with van der Waals surface area (Å²) in [5.74, 6) is -0.508. The number of aromatic nitrogens is 2. The summed E-state index contributed by atoms with van der Waals surface area (Å²) in [6, 6.07) is 5.25. The molecule has 0 aliphatic heterocycles. The van der Waals surface area contributed by atoms with Crippen molar-refractivity contribution in [3.8, 4) is 0 Å². The number of benzene rings is 1. The minimum Gasteiger partial charge on any atom is -0.550 e. The van der Waals surface area contributed by atoms with Crippen LogP contribution in [0.5, 0.6) is 0 Å². The van der Waals surface area contributed by atoms with E-state index >= 15 is 0 Å². The lowest BCUT2D eigenvalue weighted by atomic mass is 10.2. The molecule has 5 nitrogen and oxygen atoms in total. The van der Waals surface area contributed by atoms with Crippen LogP contribution in [0, 0.1) is 0 Å². The average molecular weight is 251 g/mol. The second-order valence-electron chi connectivity index (χ2n) is 3.43. The van der Waals surface area contributed by atoms with E-state index in [2.05, 4.69) is 15.3 Å². The fraction of sp³-hybridized carbons (Fsp3) is 0.182. The number of hydrogen-bond donors (Lipinski definition) is 1. The van der Waals surface area contributed by atoms with Crippen molar-refractivity contribution in [2.24, 2.45) is 0 Å². The first kappa shape index (κ1) is 11.6. The molecule has 88 valence electrons. The molecule has 0 saturated carbocycles. The lowest BCUT2D eigenvalue weighted by Gasteiger charge is -2.08. The lowest BCUT2D eigenvalue weighted by molar-refractivity contribution is -0.305. The molecular weight excluding hydrogens is 242 g/mol. The van der Waals surface area contributed by atoms with Crippen LogP contribution >= 0.6 is 11.6 Å². The molecule has 1 N–H and O–H groups in total. The topological polar surface area (TPSA) is 77.9 Å². The lowest BCUT2D eigenvalue weighted by Crippen LogP contribution is -2.24. The Bertz CT molecular complexity index is 559. The molecule has 1 aromatic carbocycles. The Morgan fingerprint density at radius 2 is 2.24 bits per heavy atom. The first-order valence-corrected chi connectivity index (χ1v) is 5.38. The summed E-state index contributed by atoms with van der Waals surface area (Å²) in [6.07, 6.45) is 1.33. The second-order valence-corrected chi connectivity index (χ2v) is 3.87. The van der Waals surface area contributed by atoms with Gasteiger partial charge in [-0.25, -0.2) is 9.97 Å². The van der Waals surface area contributed by atoms with Crippen molar-refractivity contribution in [1.82, 2.24) is 9.97 Å². The van der Waals surface area contributed by atoms with Gasteiger partial charge in [0.15, 0.2) is 0 Å². The molecule has 1 heterocycles. The molecule has 0 radical (unpaired) electrons. The molecule has 2 rings (SSSR count). The number of carboxylic acids is 1. The van der Waals surface area contributed by atoms with Crippen molar-refractivity contribution < 1.29 is 9.90 Å². The molecule has 17 heavy (non-hydrogen) atoms. The molecule has 0 spiro atoms. The van der Waals surface area contributed by atoms with Crippen LogP contribution in [0.25, 0.3) is 10.9 Å². The number of rotatable bonds is 4. The number of nitrogens with one attached hydrogen (secondary N) is 1. The van der Waals surface area contributed by atoms with Crippen LogP contribution < -0.4 is 10.4 Å². The number of hydrogen-bond acceptors (Lipinski definition) is 5. The van der Waals surface area contributed by atoms with Gasteiger partial charge in [0.25, 0.3) is 0 Å². The zero-order chi connectivity index (χ0) is 12.3. The molecule has 0 atom stereocenters. The van der Waals surface area contributed by atoms with Gasteiger partial charge in [-0.15, -0.1) is 0 Å². The predicted octanol–water partition coefficient (Wildman–Crippen LogP) is 0.835. The van der Waals surface area contributed by atoms with Crippen molar-refractivity contribution in [2.45, 2.75) is 6.42 Å². The third kappa shape index (κ3) is 2.82. The third-order valence-corrected chi connectivity index (χ3v) is 2.46. The van der Waals surface area contributed by atoms with Crippen LogP contribution in [0.1, 0.15) is 6.42 Å². The molecule has 2 aromatic rings. The van der Waals surface area contributed by atoms with Crippen LogP contribution in [0.4, 0.5) is 5.82 Å². The summed E-state index contributed by atoms with van der Waals surface area (Å²) >= 11 is 5.85. The van der Waals surface area contributed by atoms with Gasteiger partial charge in [0.1, 0.15) is 12.1 Å². The van der Waals surface area contributed by atoms with Crippen LogP contribution in [0.15, 0.2) is 24.5 Å². The number of nitrogens with zero attached hydrogens (tertiary/aromatic N) is 2. The highest BCUT2D eigenvalue weighted by atomic mass is 35.5. The highest BCUT2D eigenvalue weighted by Gasteiger charge is 2.03. The minimum absolute atomic E-state index is 0.0704. The van der Waals surface area contributed by atoms with Gasteiger partial charge in [-0.05, 0) is 18.2 Å². The van der Waals surface area contributed by atoms with E-state index < -0.39 is 5.97 Å². The first-order valence-electron chi connectivity index (χ1n) is 5.01. The normalized spacial score (nSPS) is 10.4. The van der Waals surface area contributed by atoms with Crippen LogP contribution in [0.3, 0.4) is 0 Å². The van der Waals surface area contributed by atoms with Gasteiger partial charge < -0.3 is 15.2 Å². The highest BCUT2D eigenvalue weighted by molar-refractivity contribution is 6.31. The third-order valence-electron chi connectivity index (χ3n) is 2.22. The standard InChI is InChI=1S/C11H10ClN3O2/c12-7-1-2-8-9(5-7)14-6-15-11(8)13-4-3-10(16)17/h1-2,5-6H,3-4H2,(H,16,17)(H,13,14,15)/p-1. The first-order chi connectivity index (χ1) is 8.16. The average Bonchev–Trinajstić information content (AvgIpc) is 2.28. The van der Waals surface area contributed by atoms with Crippen LogP contribution in [-0.4, -0.2) is 22.5 Å². The molecule has 0 fully saturated rings. The Hall–Kier alpha value is -1.88. The maximum absolute atomic E-state index is 10.3. The maximum Gasteiger partial charge on any atom is 0.137 e. The number of fused-ring (bicyclic) bond motifs is 1. The molecule has 0 amide bonds. The zero-order valence-electron chi connectivity index (χ0n) is 8.81. The number of carbonyl (C=O) groups excluding carboxylic acids is 1. The maximum atomic E-state index is 10.3. The smallest absolute Gasteiger partial charge is 0.137 e. The summed E-state index contributed by atoms with van der Waals surface area (Å²) in [5.41, 5.74) is 0.712. The fourth-order valence-corrected chi connectivity index (χ4v) is 1.62. The van der Waals surface area contributed by atoms with E-state index in [1.165, 1.54) is 6.33 Å². The quantitative estimate of drug-likeness (QED) is 0.870. The Balaban J connectivity index is 2.25. The Labute approximate surface area is 102 Å². The van der Waals surface area contributed by atoms with E-state index in [4.69, 9.17) is 11.6 Å². The van der Waals surface area contributed by atoms with E-state index in [9.17, 15) is 9.90 Å². The zero-order valence-corrected chi connectivity index (χ0v) is 9.57. The van der Waals surface area contributed by atoms with Crippen LogP contribution in [-0.2, 0) is 4.79 Å². The summed E-state index contributed by atoms with van der Waals surface area (Å²) in [7, 11) is 0. The van der Waals surface area contributed by atoms with Crippen molar-refractivity contribution in [1.29, 1.82) is 0 Å². The number of carbonyl (C=O) groups is 1. The summed E-state index contributed by atoms with van der Waals surface area (Å²) < 4.78 is 0. The van der Waals surface area contributed by atoms with E-state index in [0.717, 1.165) is 5.39 Å². The second kappa shape index (κ2) is 4.97. The van der Waals surface area contributed by atoms with E-state index in [1.807, 2.05) is 0 Å². The molecule has 0 bridgehead atoms. The Kier molecular flexibility index (Phi) is 3.39. The van der Waals surface area contributed by atoms with E-state index in [-0.39, 0.29) is 13.0 Å². The van der Waals surface area contributed by atoms with Crippen molar-refractivity contribution in [3.63, 3.8) is 0 Å². The Morgan fingerprint density at radius 3 is 3.00 bits per heavy atom. The molecule has 6 heteroatoms. The number of anilines is 1. The molecular formula is C11H9ClN3O2-. The van der Waals surface area contributed by atoms with Crippen LogP contribution in [0.2, 0.25) is 5.02 Å². The summed E-state index contributed by atoms with van der Waals surface area (Å²) in [5, 5.41) is 14.6. The molecule has 0 aliphatic carbocycles. The minimum atomic E-state index is -1.10. The van der Waals surface area contributed by atoms with E-state index in [1.54, 1.807) is 18.2 Å². The van der Waals surface area contributed by atoms with Gasteiger partial charge in [0, 0.05) is 29.3 Å². The van der Waals surface area contributed by atoms with Gasteiger partial charge in [0.2, 0.25) is 0 Å². The number of carboxylic acid groups (broad SMARTS) is 1. The number of aliphatic carboxylic acids is 1.